The van der Waals surface area contributed by atoms with E-state index in [0.717, 1.165) is 26.1 Å². The van der Waals surface area contributed by atoms with Crippen molar-refractivity contribution >= 4 is 5.69 Å². The standard InChI is InChI=1S/C16H28N2O/c1-5-11-17-12-14-7-9-15(10-8-14)18(6-2)13-16(3,4)19/h7-10,17,19H,5-6,11-13H2,1-4H3. The summed E-state index contributed by atoms with van der Waals surface area (Å²) in [4.78, 5) is 2.20. The van der Waals surface area contributed by atoms with Crippen LogP contribution >= 0.6 is 0 Å². The molecule has 0 aliphatic heterocycles. The molecule has 19 heavy (non-hydrogen) atoms. The number of benzene rings is 1. The first-order chi connectivity index (χ1) is 8.96. The average Bonchev–Trinajstić information content (AvgIpc) is 2.36. The third-order valence-electron chi connectivity index (χ3n) is 3.02. The van der Waals surface area contributed by atoms with Crippen LogP contribution in [0.2, 0.25) is 0 Å². The van der Waals surface area contributed by atoms with E-state index in [1.165, 1.54) is 11.3 Å². The van der Waals surface area contributed by atoms with E-state index in [2.05, 4.69) is 48.3 Å². The van der Waals surface area contributed by atoms with E-state index < -0.39 is 5.60 Å². The fraction of sp³-hybridized carbons (Fsp3) is 0.625. The number of anilines is 1. The Kier molecular flexibility index (Phi) is 6.32. The monoisotopic (exact) mass is 264 g/mol. The van der Waals surface area contributed by atoms with Gasteiger partial charge < -0.3 is 15.3 Å². The number of likely N-dealkylation sites (N-methyl/N-ethyl adjacent to an activating group) is 1. The van der Waals surface area contributed by atoms with Gasteiger partial charge in [0.1, 0.15) is 0 Å². The number of nitrogens with zero attached hydrogens (tertiary/aromatic N) is 1. The maximum Gasteiger partial charge on any atom is 0.0765 e. The minimum absolute atomic E-state index is 0.650. The van der Waals surface area contributed by atoms with E-state index in [1.807, 2.05) is 13.8 Å². The maximum absolute atomic E-state index is 9.93. The average molecular weight is 264 g/mol. The van der Waals surface area contributed by atoms with Crippen molar-refractivity contribution in [2.75, 3.05) is 24.5 Å². The molecule has 0 saturated carbocycles. The summed E-state index contributed by atoms with van der Waals surface area (Å²) in [5.41, 5.74) is 1.80. The largest absolute Gasteiger partial charge is 0.389 e. The van der Waals surface area contributed by atoms with Gasteiger partial charge in [0.25, 0.3) is 0 Å². The molecule has 1 aromatic carbocycles. The lowest BCUT2D eigenvalue weighted by molar-refractivity contribution is 0.0876. The molecule has 0 aliphatic carbocycles. The molecule has 0 fully saturated rings. The number of hydrogen-bond donors (Lipinski definition) is 2. The molecule has 108 valence electrons. The van der Waals surface area contributed by atoms with Crippen LogP contribution in [0.5, 0.6) is 0 Å². The molecule has 0 aliphatic rings. The predicted molar refractivity (Wildman–Crippen MR) is 82.6 cm³/mol. The van der Waals surface area contributed by atoms with Gasteiger partial charge >= 0.3 is 0 Å². The molecule has 3 nitrogen and oxygen atoms in total. The highest BCUT2D eigenvalue weighted by Crippen LogP contribution is 2.18. The Labute approximate surface area is 117 Å². The summed E-state index contributed by atoms with van der Waals surface area (Å²) in [6.07, 6.45) is 1.16. The molecule has 0 radical (unpaired) electrons. The molecule has 0 heterocycles. The van der Waals surface area contributed by atoms with Crippen LogP contribution in [-0.2, 0) is 6.54 Å². The van der Waals surface area contributed by atoms with Crippen molar-refractivity contribution in [2.24, 2.45) is 0 Å². The van der Waals surface area contributed by atoms with Gasteiger partial charge in [0, 0.05) is 25.3 Å². The van der Waals surface area contributed by atoms with Crippen LogP contribution in [0.1, 0.15) is 39.7 Å². The van der Waals surface area contributed by atoms with Gasteiger partial charge in [-0.25, -0.2) is 0 Å². The molecule has 0 unspecified atom stereocenters. The van der Waals surface area contributed by atoms with Crippen LogP contribution in [0.25, 0.3) is 0 Å². The van der Waals surface area contributed by atoms with E-state index in [-0.39, 0.29) is 0 Å². The summed E-state index contributed by atoms with van der Waals surface area (Å²) in [5.74, 6) is 0. The first-order valence-corrected chi connectivity index (χ1v) is 7.23. The highest BCUT2D eigenvalue weighted by atomic mass is 16.3. The predicted octanol–water partition coefficient (Wildman–Crippen LogP) is 2.78. The summed E-state index contributed by atoms with van der Waals surface area (Å²) in [6, 6.07) is 8.59. The second-order valence-electron chi connectivity index (χ2n) is 5.67. The van der Waals surface area contributed by atoms with Gasteiger partial charge in [-0.2, -0.15) is 0 Å². The van der Waals surface area contributed by atoms with Gasteiger partial charge in [-0.05, 0) is 51.4 Å². The Hall–Kier alpha value is -1.06. The van der Waals surface area contributed by atoms with Gasteiger partial charge in [-0.1, -0.05) is 19.1 Å². The lowest BCUT2D eigenvalue weighted by atomic mass is 10.1. The molecule has 1 rings (SSSR count). The second-order valence-corrected chi connectivity index (χ2v) is 5.67. The molecule has 0 atom stereocenters. The molecule has 1 aromatic rings. The number of aliphatic hydroxyl groups is 1. The Morgan fingerprint density at radius 2 is 1.79 bits per heavy atom. The number of rotatable bonds is 8. The molecule has 0 saturated heterocycles. The van der Waals surface area contributed by atoms with Gasteiger partial charge in [0.15, 0.2) is 0 Å². The minimum atomic E-state index is -0.669. The molecule has 0 aromatic heterocycles. The molecular formula is C16H28N2O. The zero-order valence-corrected chi connectivity index (χ0v) is 12.7. The topological polar surface area (TPSA) is 35.5 Å². The van der Waals surface area contributed by atoms with Crippen LogP contribution < -0.4 is 10.2 Å². The Morgan fingerprint density at radius 1 is 1.16 bits per heavy atom. The van der Waals surface area contributed by atoms with E-state index >= 15 is 0 Å². The molecule has 3 heteroatoms. The summed E-state index contributed by atoms with van der Waals surface area (Å²) in [5, 5.41) is 13.3. The van der Waals surface area contributed by atoms with Crippen LogP contribution in [0.15, 0.2) is 24.3 Å². The Morgan fingerprint density at radius 3 is 2.26 bits per heavy atom. The van der Waals surface area contributed by atoms with Gasteiger partial charge in [-0.15, -0.1) is 0 Å². The third-order valence-corrected chi connectivity index (χ3v) is 3.02. The molecule has 2 N–H and O–H groups in total. The van der Waals surface area contributed by atoms with E-state index in [4.69, 9.17) is 0 Å². The van der Waals surface area contributed by atoms with Gasteiger partial charge in [-0.3, -0.25) is 0 Å². The fourth-order valence-corrected chi connectivity index (χ4v) is 2.09. The van der Waals surface area contributed by atoms with Crippen LogP contribution in [-0.4, -0.2) is 30.3 Å². The molecule has 0 bridgehead atoms. The lowest BCUT2D eigenvalue weighted by Crippen LogP contribution is -2.38. The molecule has 0 amide bonds. The summed E-state index contributed by atoms with van der Waals surface area (Å²) in [6.45, 7) is 11.5. The maximum atomic E-state index is 9.93. The van der Waals surface area contributed by atoms with Crippen molar-refractivity contribution in [3.05, 3.63) is 29.8 Å². The zero-order valence-electron chi connectivity index (χ0n) is 12.7. The third kappa shape index (κ3) is 6.08. The van der Waals surface area contributed by atoms with Gasteiger partial charge in [0.2, 0.25) is 0 Å². The minimum Gasteiger partial charge on any atom is -0.389 e. The van der Waals surface area contributed by atoms with E-state index in [1.54, 1.807) is 0 Å². The SMILES string of the molecule is CCCNCc1ccc(N(CC)CC(C)(C)O)cc1. The van der Waals surface area contributed by atoms with E-state index in [9.17, 15) is 5.11 Å². The number of hydrogen-bond acceptors (Lipinski definition) is 3. The van der Waals surface area contributed by atoms with Crippen LogP contribution in [0.4, 0.5) is 5.69 Å². The summed E-state index contributed by atoms with van der Waals surface area (Å²) in [7, 11) is 0. The zero-order chi connectivity index (χ0) is 14.3. The molecule has 0 spiro atoms. The number of nitrogens with one attached hydrogen (secondary N) is 1. The lowest BCUT2D eigenvalue weighted by Gasteiger charge is -2.30. The van der Waals surface area contributed by atoms with Crippen LogP contribution in [0.3, 0.4) is 0 Å². The summed E-state index contributed by atoms with van der Waals surface area (Å²) < 4.78 is 0. The van der Waals surface area contributed by atoms with Crippen molar-refractivity contribution < 1.29 is 5.11 Å². The highest BCUT2D eigenvalue weighted by Gasteiger charge is 2.17. The van der Waals surface area contributed by atoms with Crippen molar-refractivity contribution in [1.82, 2.24) is 5.32 Å². The first kappa shape index (κ1) is 16.0. The van der Waals surface area contributed by atoms with E-state index in [0.29, 0.717) is 6.54 Å². The Bertz CT molecular complexity index is 354. The van der Waals surface area contributed by atoms with Gasteiger partial charge in [0.05, 0.1) is 5.60 Å². The Balaban J connectivity index is 2.62. The smallest absolute Gasteiger partial charge is 0.0765 e. The summed E-state index contributed by atoms with van der Waals surface area (Å²) >= 11 is 0. The van der Waals surface area contributed by atoms with Crippen molar-refractivity contribution in [3.63, 3.8) is 0 Å². The van der Waals surface area contributed by atoms with Crippen molar-refractivity contribution in [2.45, 2.75) is 46.3 Å². The van der Waals surface area contributed by atoms with Crippen molar-refractivity contribution in [1.29, 1.82) is 0 Å². The second kappa shape index (κ2) is 7.51. The normalized spacial score (nSPS) is 11.6. The van der Waals surface area contributed by atoms with Crippen LogP contribution in [0, 0.1) is 0 Å². The quantitative estimate of drug-likeness (QED) is 0.709. The van der Waals surface area contributed by atoms with Crippen molar-refractivity contribution in [3.8, 4) is 0 Å². The highest BCUT2D eigenvalue weighted by molar-refractivity contribution is 5.47. The molecular weight excluding hydrogens is 236 g/mol. The first-order valence-electron chi connectivity index (χ1n) is 7.23. The fourth-order valence-electron chi connectivity index (χ4n) is 2.09.